The maximum absolute atomic E-state index is 13.0. The number of aromatic nitrogens is 2. The van der Waals surface area contributed by atoms with E-state index in [0.29, 0.717) is 29.3 Å². The number of benzene rings is 1. The summed E-state index contributed by atoms with van der Waals surface area (Å²) in [6, 6.07) is 9.44. The molecule has 1 aliphatic heterocycles. The van der Waals surface area contributed by atoms with Crippen molar-refractivity contribution in [3.05, 3.63) is 58.5 Å². The second-order valence-corrected chi connectivity index (χ2v) is 7.28. The third kappa shape index (κ3) is 3.91. The van der Waals surface area contributed by atoms with E-state index < -0.39 is 0 Å². The van der Waals surface area contributed by atoms with Crippen LogP contribution in [0.5, 0.6) is 5.75 Å². The van der Waals surface area contributed by atoms with Gasteiger partial charge in [-0.25, -0.2) is 4.98 Å². The largest absolute Gasteiger partial charge is 0.495 e. The molecule has 2 N–H and O–H groups in total. The van der Waals surface area contributed by atoms with Crippen molar-refractivity contribution < 1.29 is 9.53 Å². The number of pyridine rings is 1. The van der Waals surface area contributed by atoms with Crippen LogP contribution in [0.1, 0.15) is 28.7 Å². The predicted molar refractivity (Wildman–Crippen MR) is 118 cm³/mol. The van der Waals surface area contributed by atoms with E-state index in [1.807, 2.05) is 30.1 Å². The highest BCUT2D eigenvalue weighted by molar-refractivity contribution is 6.30. The topological polar surface area (TPSA) is 83.3 Å². The van der Waals surface area contributed by atoms with E-state index in [2.05, 4.69) is 20.7 Å². The summed E-state index contributed by atoms with van der Waals surface area (Å²) in [5, 5.41) is 5.51. The number of nitrogens with zero attached hydrogens (tertiary/aromatic N) is 4. The molecule has 1 aliphatic rings. The van der Waals surface area contributed by atoms with Gasteiger partial charge in [0.25, 0.3) is 5.91 Å². The Labute approximate surface area is 179 Å². The molecule has 156 valence electrons. The van der Waals surface area contributed by atoms with Crippen LogP contribution in [0.2, 0.25) is 5.02 Å². The van der Waals surface area contributed by atoms with Crippen LogP contribution in [0.25, 0.3) is 5.65 Å². The molecule has 0 saturated heterocycles. The minimum Gasteiger partial charge on any atom is -0.495 e. The number of fused-ring (bicyclic) bond motifs is 1. The lowest BCUT2D eigenvalue weighted by Gasteiger charge is -2.27. The number of aryl methyl sites for hydroxylation is 1. The van der Waals surface area contributed by atoms with Crippen LogP contribution >= 0.6 is 11.6 Å². The number of amides is 1. The molecular formula is C21H23ClN6O2. The van der Waals surface area contributed by atoms with E-state index in [-0.39, 0.29) is 5.91 Å². The SMILES string of the molecule is CCc1nc2ccc(Cl)cn2c1C(=O)NCc1ccc(N2CCN=CN2)c(OC)c1. The number of aliphatic imine (C=N–C) groups is 1. The highest BCUT2D eigenvalue weighted by Gasteiger charge is 2.19. The van der Waals surface area contributed by atoms with Gasteiger partial charge in [0.2, 0.25) is 0 Å². The van der Waals surface area contributed by atoms with Gasteiger partial charge >= 0.3 is 0 Å². The fourth-order valence-electron chi connectivity index (χ4n) is 3.46. The maximum atomic E-state index is 13.0. The molecule has 0 spiro atoms. The van der Waals surface area contributed by atoms with Crippen LogP contribution in [-0.2, 0) is 13.0 Å². The number of imidazole rings is 1. The number of hydrogen-bond donors (Lipinski definition) is 2. The third-order valence-corrected chi connectivity index (χ3v) is 5.17. The van der Waals surface area contributed by atoms with Crippen LogP contribution in [0.3, 0.4) is 0 Å². The molecule has 1 aromatic carbocycles. The van der Waals surface area contributed by atoms with Gasteiger partial charge < -0.3 is 10.1 Å². The van der Waals surface area contributed by atoms with Gasteiger partial charge in [0.05, 0.1) is 36.6 Å². The van der Waals surface area contributed by atoms with E-state index in [1.54, 1.807) is 36.2 Å². The van der Waals surface area contributed by atoms with Gasteiger partial charge in [-0.05, 0) is 36.2 Å². The summed E-state index contributed by atoms with van der Waals surface area (Å²) in [4.78, 5) is 21.7. The zero-order valence-corrected chi connectivity index (χ0v) is 17.6. The normalized spacial score (nSPS) is 13.4. The summed E-state index contributed by atoms with van der Waals surface area (Å²) in [5.74, 6) is 0.527. The number of halogens is 1. The van der Waals surface area contributed by atoms with Crippen LogP contribution in [0, 0.1) is 0 Å². The number of hydrogen-bond acceptors (Lipinski definition) is 6. The molecule has 0 bridgehead atoms. The minimum absolute atomic E-state index is 0.196. The Kier molecular flexibility index (Phi) is 5.76. The van der Waals surface area contributed by atoms with Gasteiger partial charge in [-0.2, -0.15) is 0 Å². The van der Waals surface area contributed by atoms with E-state index in [4.69, 9.17) is 16.3 Å². The van der Waals surface area contributed by atoms with Crippen LogP contribution in [0.15, 0.2) is 41.5 Å². The van der Waals surface area contributed by atoms with Crippen molar-refractivity contribution in [3.63, 3.8) is 0 Å². The molecule has 1 amide bonds. The molecule has 0 atom stereocenters. The molecule has 0 unspecified atom stereocenters. The van der Waals surface area contributed by atoms with E-state index >= 15 is 0 Å². The highest BCUT2D eigenvalue weighted by atomic mass is 35.5. The second-order valence-electron chi connectivity index (χ2n) is 6.84. The molecule has 0 radical (unpaired) electrons. The molecule has 0 saturated carbocycles. The van der Waals surface area contributed by atoms with Gasteiger partial charge in [-0.1, -0.05) is 24.6 Å². The van der Waals surface area contributed by atoms with Crippen LogP contribution < -0.4 is 20.5 Å². The molecule has 30 heavy (non-hydrogen) atoms. The second kappa shape index (κ2) is 8.62. The molecule has 3 heterocycles. The Hall–Kier alpha value is -3.26. The summed E-state index contributed by atoms with van der Waals surface area (Å²) >= 11 is 6.12. The van der Waals surface area contributed by atoms with Crippen LogP contribution in [-0.4, -0.2) is 41.8 Å². The predicted octanol–water partition coefficient (Wildman–Crippen LogP) is 2.84. The number of carbonyl (C=O) groups excluding carboxylic acids is 1. The number of carbonyl (C=O) groups is 1. The lowest BCUT2D eigenvalue weighted by Crippen LogP contribution is -2.42. The summed E-state index contributed by atoms with van der Waals surface area (Å²) in [7, 11) is 1.63. The molecule has 8 nitrogen and oxygen atoms in total. The minimum atomic E-state index is -0.196. The average Bonchev–Trinajstić information content (AvgIpc) is 3.15. The number of hydrazine groups is 1. The van der Waals surface area contributed by atoms with E-state index in [9.17, 15) is 4.79 Å². The van der Waals surface area contributed by atoms with Crippen molar-refractivity contribution in [1.82, 2.24) is 20.1 Å². The van der Waals surface area contributed by atoms with Gasteiger partial charge in [0.15, 0.2) is 0 Å². The first-order chi connectivity index (χ1) is 14.6. The Morgan fingerprint density at radius 1 is 1.33 bits per heavy atom. The lowest BCUT2D eigenvalue weighted by molar-refractivity contribution is 0.0944. The first-order valence-corrected chi connectivity index (χ1v) is 10.1. The molecule has 3 aromatic rings. The molecule has 4 rings (SSSR count). The monoisotopic (exact) mass is 426 g/mol. The standard InChI is InChI=1S/C21H23ClN6O2/c1-3-16-20(27-12-15(22)5-7-19(27)26-16)21(29)24-11-14-4-6-17(18(10-14)30-2)28-9-8-23-13-25-28/h4-7,10,12-13H,3,8-9,11H2,1-2H3,(H,23,25)(H,24,29). The Bertz CT molecular complexity index is 1110. The van der Waals surface area contributed by atoms with Crippen LogP contribution in [0.4, 0.5) is 5.69 Å². The summed E-state index contributed by atoms with van der Waals surface area (Å²) in [6.07, 6.45) is 4.03. The highest BCUT2D eigenvalue weighted by Crippen LogP contribution is 2.28. The lowest BCUT2D eigenvalue weighted by atomic mass is 10.1. The van der Waals surface area contributed by atoms with Crippen molar-refractivity contribution in [2.75, 3.05) is 25.2 Å². The van der Waals surface area contributed by atoms with E-state index in [1.165, 1.54) is 0 Å². The summed E-state index contributed by atoms with van der Waals surface area (Å²) in [6.45, 7) is 3.81. The average molecular weight is 427 g/mol. The van der Waals surface area contributed by atoms with E-state index in [0.717, 1.165) is 35.8 Å². The molecule has 2 aromatic heterocycles. The molecule has 0 fully saturated rings. The fraction of sp³-hybridized carbons (Fsp3) is 0.286. The van der Waals surface area contributed by atoms with Crippen molar-refractivity contribution in [3.8, 4) is 5.75 Å². The zero-order valence-electron chi connectivity index (χ0n) is 16.9. The number of anilines is 1. The Balaban J connectivity index is 1.53. The van der Waals surface area contributed by atoms with Crippen molar-refractivity contribution >= 4 is 35.2 Å². The molecule has 9 heteroatoms. The number of methoxy groups -OCH3 is 1. The fourth-order valence-corrected chi connectivity index (χ4v) is 3.62. The quantitative estimate of drug-likeness (QED) is 0.633. The molecular weight excluding hydrogens is 404 g/mol. The Morgan fingerprint density at radius 2 is 2.20 bits per heavy atom. The smallest absolute Gasteiger partial charge is 0.270 e. The van der Waals surface area contributed by atoms with Gasteiger partial charge in [0.1, 0.15) is 23.4 Å². The summed E-state index contributed by atoms with van der Waals surface area (Å²) < 4.78 is 7.30. The van der Waals surface area contributed by atoms with Gasteiger partial charge in [0, 0.05) is 12.7 Å². The third-order valence-electron chi connectivity index (χ3n) is 4.95. The van der Waals surface area contributed by atoms with Gasteiger partial charge in [-0.3, -0.25) is 24.6 Å². The van der Waals surface area contributed by atoms with Crippen molar-refractivity contribution in [1.29, 1.82) is 0 Å². The first kappa shape index (κ1) is 20.0. The zero-order chi connectivity index (χ0) is 21.1. The van der Waals surface area contributed by atoms with Crippen molar-refractivity contribution in [2.24, 2.45) is 4.99 Å². The van der Waals surface area contributed by atoms with Gasteiger partial charge in [-0.15, -0.1) is 0 Å². The number of nitrogens with one attached hydrogen (secondary N) is 2. The summed E-state index contributed by atoms with van der Waals surface area (Å²) in [5.41, 5.74) is 6.90. The maximum Gasteiger partial charge on any atom is 0.270 e. The molecule has 0 aliphatic carbocycles. The number of rotatable bonds is 6. The number of ether oxygens (including phenoxy) is 1. The Morgan fingerprint density at radius 3 is 2.93 bits per heavy atom. The first-order valence-electron chi connectivity index (χ1n) is 9.74. The van der Waals surface area contributed by atoms with Crippen molar-refractivity contribution in [2.45, 2.75) is 19.9 Å².